The predicted octanol–water partition coefficient (Wildman–Crippen LogP) is 1.42. The van der Waals surface area contributed by atoms with Crippen molar-refractivity contribution in [3.05, 3.63) is 63.4 Å². The Bertz CT molecular complexity index is 1780. The van der Waals surface area contributed by atoms with E-state index in [4.69, 9.17) is 10.4 Å². The number of ketones is 2. The van der Waals surface area contributed by atoms with Crippen LogP contribution in [0.5, 0.6) is 5.75 Å². The molecule has 0 spiro atoms. The summed E-state index contributed by atoms with van der Waals surface area (Å²) in [5.74, 6) is -6.99. The molecule has 0 saturated heterocycles. The van der Waals surface area contributed by atoms with E-state index >= 15 is 0 Å². The molecule has 47 heavy (non-hydrogen) atoms. The van der Waals surface area contributed by atoms with Gasteiger partial charge in [0.15, 0.2) is 11.6 Å². The molecule has 4 aliphatic rings. The van der Waals surface area contributed by atoms with E-state index in [0.29, 0.717) is 16.7 Å². The van der Waals surface area contributed by atoms with Gasteiger partial charge in [0.2, 0.25) is 0 Å². The molecule has 14 heteroatoms. The molecule has 2 aromatic rings. The highest BCUT2D eigenvalue weighted by Gasteiger charge is 2.51. The maximum atomic E-state index is 13.8. The van der Waals surface area contributed by atoms with Crippen LogP contribution in [0.3, 0.4) is 0 Å². The Morgan fingerprint density at radius 1 is 1.09 bits per heavy atom. The minimum Gasteiger partial charge on any atom is -0.511 e. The van der Waals surface area contributed by atoms with Gasteiger partial charge in [-0.05, 0) is 87.4 Å². The zero-order chi connectivity index (χ0) is 34.7. The number of amides is 2. The molecular weight excluding hydrogens is 607 g/mol. The number of anilines is 2. The first-order chi connectivity index (χ1) is 22.0. The molecule has 1 heterocycles. The number of carbonyl (C=O) groups excluding carboxylic acids is 4. The van der Waals surface area contributed by atoms with Crippen molar-refractivity contribution in [1.29, 1.82) is 0 Å². The van der Waals surface area contributed by atoms with Crippen LogP contribution in [0.1, 0.15) is 53.7 Å². The normalized spacial score (nSPS) is 22.4. The molecule has 1 aliphatic heterocycles. The van der Waals surface area contributed by atoms with Crippen LogP contribution in [-0.4, -0.2) is 79.0 Å². The SMILES string of the molecule is CN(C)c1cc(NC(=O)c2ccc3c(c2)B(O)OC3(C)C)c(O)c2c1CC1CC3CC(=O)C(C(N)=O)=C(O)C3C(=O)C1=C2O.CNC. The third-order valence-corrected chi connectivity index (χ3v) is 9.23. The standard InChI is InChI=1S/C31H32BN3O9.C2H7N/c1-31(2)16-6-5-12(9-17(16)32(43)44-31)30(42)34-18-11-19(35(3)4)15-8-13-7-14-10-20(36)24(29(33)41)28(40)22(14)26(38)21(13)27(39)23(15)25(18)37;1-3-2/h5-6,9,11,13-14,22,37,39-40,43H,7-8,10H2,1-4H3,(H2,33,41)(H,34,42);3H,1-2H3. The van der Waals surface area contributed by atoms with Crippen LogP contribution >= 0.6 is 0 Å². The number of aliphatic hydroxyl groups is 2. The molecule has 3 unspecified atom stereocenters. The highest BCUT2D eigenvalue weighted by Crippen LogP contribution is 2.53. The quantitative estimate of drug-likeness (QED) is 0.143. The lowest BCUT2D eigenvalue weighted by atomic mass is 9.61. The Morgan fingerprint density at radius 2 is 1.74 bits per heavy atom. The summed E-state index contributed by atoms with van der Waals surface area (Å²) in [5.41, 5.74) is 6.39. The van der Waals surface area contributed by atoms with Crippen LogP contribution < -0.4 is 26.7 Å². The minimum atomic E-state index is -1.23. The van der Waals surface area contributed by atoms with E-state index in [2.05, 4.69) is 10.6 Å². The number of allylic oxidation sites excluding steroid dienone is 2. The Hall–Kier alpha value is -4.66. The zero-order valence-corrected chi connectivity index (χ0v) is 27.1. The number of aliphatic hydroxyl groups excluding tert-OH is 2. The number of Topliss-reactive ketones (excluding diaryl/α,β-unsaturated/α-hetero) is 2. The van der Waals surface area contributed by atoms with Crippen molar-refractivity contribution < 1.29 is 44.2 Å². The summed E-state index contributed by atoms with van der Waals surface area (Å²) < 4.78 is 5.58. The molecule has 6 rings (SSSR count). The first-order valence-electron chi connectivity index (χ1n) is 15.2. The predicted molar refractivity (Wildman–Crippen MR) is 175 cm³/mol. The molecule has 3 atom stereocenters. The van der Waals surface area contributed by atoms with Gasteiger partial charge in [-0.25, -0.2) is 0 Å². The molecule has 0 radical (unpaired) electrons. The lowest BCUT2D eigenvalue weighted by molar-refractivity contribution is -0.127. The number of primary amides is 1. The van der Waals surface area contributed by atoms with E-state index in [1.54, 1.807) is 51.0 Å². The zero-order valence-electron chi connectivity index (χ0n) is 27.1. The average molecular weight is 647 g/mol. The topological polar surface area (TPSA) is 212 Å². The lowest BCUT2D eigenvalue weighted by Crippen LogP contribution is -2.44. The molecule has 1 fully saturated rings. The molecule has 8 N–H and O–H groups in total. The summed E-state index contributed by atoms with van der Waals surface area (Å²) in [7, 11) is 6.06. The van der Waals surface area contributed by atoms with Crippen LogP contribution in [0, 0.1) is 17.8 Å². The molecule has 0 bridgehead atoms. The van der Waals surface area contributed by atoms with Gasteiger partial charge in [-0.15, -0.1) is 0 Å². The van der Waals surface area contributed by atoms with Crippen molar-refractivity contribution in [3.8, 4) is 5.75 Å². The molecule has 3 aliphatic carbocycles. The fourth-order valence-electron chi connectivity index (χ4n) is 7.24. The first kappa shape index (κ1) is 33.7. The number of nitrogens with zero attached hydrogens (tertiary/aromatic N) is 1. The molecule has 248 valence electrons. The Labute approximate surface area is 272 Å². The monoisotopic (exact) mass is 646 g/mol. The van der Waals surface area contributed by atoms with Gasteiger partial charge in [-0.2, -0.15) is 0 Å². The highest BCUT2D eigenvalue weighted by molar-refractivity contribution is 6.62. The summed E-state index contributed by atoms with van der Waals surface area (Å²) in [5, 5.41) is 49.5. The number of nitrogens with one attached hydrogen (secondary N) is 2. The maximum Gasteiger partial charge on any atom is 0.492 e. The third kappa shape index (κ3) is 5.55. The average Bonchev–Trinajstić information content (AvgIpc) is 3.20. The number of rotatable bonds is 4. The van der Waals surface area contributed by atoms with E-state index in [9.17, 15) is 39.5 Å². The van der Waals surface area contributed by atoms with Crippen LogP contribution in [0.25, 0.3) is 5.76 Å². The van der Waals surface area contributed by atoms with Gasteiger partial charge < -0.3 is 46.3 Å². The summed E-state index contributed by atoms with van der Waals surface area (Å²) in [6.45, 7) is 3.61. The second-order valence-electron chi connectivity index (χ2n) is 13.0. The van der Waals surface area contributed by atoms with Gasteiger partial charge in [0.1, 0.15) is 22.8 Å². The van der Waals surface area contributed by atoms with Gasteiger partial charge in [0, 0.05) is 37.3 Å². The van der Waals surface area contributed by atoms with Gasteiger partial charge in [-0.3, -0.25) is 19.2 Å². The molecule has 0 aromatic heterocycles. The summed E-state index contributed by atoms with van der Waals surface area (Å²) in [4.78, 5) is 53.3. The highest BCUT2D eigenvalue weighted by atomic mass is 16.5. The van der Waals surface area contributed by atoms with Gasteiger partial charge in [0.25, 0.3) is 11.8 Å². The molecule has 1 saturated carbocycles. The van der Waals surface area contributed by atoms with Crippen LogP contribution in [0.4, 0.5) is 11.4 Å². The summed E-state index contributed by atoms with van der Waals surface area (Å²) >= 11 is 0. The maximum absolute atomic E-state index is 13.8. The van der Waals surface area contributed by atoms with Crippen molar-refractivity contribution in [3.63, 3.8) is 0 Å². The fraction of sp³-hybridized carbons (Fsp3) is 0.394. The van der Waals surface area contributed by atoms with Crippen molar-refractivity contribution in [2.45, 2.75) is 38.7 Å². The number of hydrogen-bond acceptors (Lipinski definition) is 11. The number of hydrogen-bond donors (Lipinski definition) is 7. The smallest absolute Gasteiger partial charge is 0.492 e. The second kappa shape index (κ2) is 12.2. The van der Waals surface area contributed by atoms with E-state index in [1.807, 2.05) is 14.1 Å². The number of fused-ring (bicyclic) bond motifs is 4. The molecule has 2 amide bonds. The van der Waals surface area contributed by atoms with Gasteiger partial charge in [-0.1, -0.05) is 6.07 Å². The van der Waals surface area contributed by atoms with Gasteiger partial charge in [0.05, 0.1) is 22.8 Å². The second-order valence-corrected chi connectivity index (χ2v) is 13.0. The van der Waals surface area contributed by atoms with E-state index in [-0.39, 0.29) is 41.6 Å². The lowest BCUT2D eigenvalue weighted by Gasteiger charge is -2.41. The number of carbonyl (C=O) groups is 4. The van der Waals surface area contributed by atoms with Crippen molar-refractivity contribution in [2.24, 2.45) is 23.5 Å². The number of phenolic OH excluding ortho intramolecular Hbond substituents is 1. The molecule has 2 aromatic carbocycles. The van der Waals surface area contributed by atoms with Crippen LogP contribution in [-0.2, 0) is 31.1 Å². The largest absolute Gasteiger partial charge is 0.511 e. The Balaban J connectivity index is 0.00000139. The van der Waals surface area contributed by atoms with Crippen LogP contribution in [0.2, 0.25) is 0 Å². The Morgan fingerprint density at radius 3 is 2.36 bits per heavy atom. The van der Waals surface area contributed by atoms with E-state index in [0.717, 1.165) is 5.56 Å². The molecule has 13 nitrogen and oxygen atoms in total. The van der Waals surface area contributed by atoms with E-state index < -0.39 is 76.7 Å². The summed E-state index contributed by atoms with van der Waals surface area (Å²) in [6, 6.07) is 6.37. The molecular formula is C33H39BN4O9. The van der Waals surface area contributed by atoms with Crippen molar-refractivity contribution in [2.75, 3.05) is 38.4 Å². The fourth-order valence-corrected chi connectivity index (χ4v) is 7.24. The van der Waals surface area contributed by atoms with Gasteiger partial charge >= 0.3 is 7.12 Å². The summed E-state index contributed by atoms with van der Waals surface area (Å²) in [6.07, 6.45) is 0.364. The number of aromatic hydroxyl groups is 1. The number of nitrogens with two attached hydrogens (primary N) is 1. The third-order valence-electron chi connectivity index (χ3n) is 9.23. The Kier molecular flexibility index (Phi) is 8.73. The minimum absolute atomic E-state index is 0.0242. The van der Waals surface area contributed by atoms with Crippen molar-refractivity contribution in [1.82, 2.24) is 5.32 Å². The number of benzene rings is 2. The van der Waals surface area contributed by atoms with E-state index in [1.165, 1.54) is 6.07 Å². The number of phenols is 1. The van der Waals surface area contributed by atoms with Crippen molar-refractivity contribution >= 4 is 53.1 Å². The van der Waals surface area contributed by atoms with Crippen LogP contribution in [0.15, 0.2) is 41.2 Å². The first-order valence-corrected chi connectivity index (χ1v) is 15.2.